The molecule has 5 nitrogen and oxygen atoms in total. The second-order valence-electron chi connectivity index (χ2n) is 8.03. The molecule has 2 heterocycles. The summed E-state index contributed by atoms with van der Waals surface area (Å²) in [4.78, 5) is 39.2. The van der Waals surface area contributed by atoms with Gasteiger partial charge in [-0.3, -0.25) is 19.3 Å². The minimum absolute atomic E-state index is 0.137. The molecule has 1 N–H and O–H groups in total. The fourth-order valence-electron chi connectivity index (χ4n) is 3.38. The molecule has 2 aliphatic rings. The van der Waals surface area contributed by atoms with Crippen LogP contribution >= 0.6 is 0 Å². The number of allylic oxidation sites excluding steroid dienone is 1. The highest BCUT2D eigenvalue weighted by molar-refractivity contribution is 6.23. The Labute approximate surface area is 148 Å². The molecule has 0 aliphatic carbocycles. The van der Waals surface area contributed by atoms with E-state index in [-0.39, 0.29) is 23.1 Å². The summed E-state index contributed by atoms with van der Waals surface area (Å²) in [5.41, 5.74) is 2.53. The summed E-state index contributed by atoms with van der Waals surface area (Å²) < 4.78 is 0. The molecule has 132 valence electrons. The maximum Gasteiger partial charge on any atom is 0.262 e. The van der Waals surface area contributed by atoms with Crippen molar-refractivity contribution in [2.45, 2.75) is 52.5 Å². The number of carbonyl (C=O) groups is 3. The number of benzene rings is 1. The van der Waals surface area contributed by atoms with Crippen LogP contribution in [0.2, 0.25) is 0 Å². The number of aryl methyl sites for hydroxylation is 1. The van der Waals surface area contributed by atoms with E-state index in [9.17, 15) is 14.4 Å². The van der Waals surface area contributed by atoms with Crippen LogP contribution in [0, 0.1) is 5.41 Å². The molecule has 25 heavy (non-hydrogen) atoms. The van der Waals surface area contributed by atoms with Crippen molar-refractivity contribution in [3.8, 4) is 0 Å². The Morgan fingerprint density at radius 1 is 1.20 bits per heavy atom. The highest BCUT2D eigenvalue weighted by Crippen LogP contribution is 2.32. The molecule has 1 aromatic carbocycles. The molecule has 1 unspecified atom stereocenters. The van der Waals surface area contributed by atoms with Gasteiger partial charge in [-0.1, -0.05) is 39.5 Å². The lowest BCUT2D eigenvalue weighted by molar-refractivity contribution is -0.125. The number of piperidine rings is 1. The van der Waals surface area contributed by atoms with Gasteiger partial charge in [0.25, 0.3) is 11.8 Å². The highest BCUT2D eigenvalue weighted by atomic mass is 16.2. The largest absolute Gasteiger partial charge is 0.329 e. The Kier molecular flexibility index (Phi) is 4.27. The highest BCUT2D eigenvalue weighted by Gasteiger charge is 2.44. The van der Waals surface area contributed by atoms with E-state index in [1.807, 2.05) is 12.1 Å². The molecule has 1 aromatic rings. The van der Waals surface area contributed by atoms with Crippen molar-refractivity contribution in [2.75, 3.05) is 0 Å². The second-order valence-corrected chi connectivity index (χ2v) is 8.03. The van der Waals surface area contributed by atoms with E-state index in [4.69, 9.17) is 0 Å². The monoisotopic (exact) mass is 340 g/mol. The molecule has 0 radical (unpaired) electrons. The summed E-state index contributed by atoms with van der Waals surface area (Å²) >= 11 is 0. The van der Waals surface area contributed by atoms with E-state index in [2.05, 4.69) is 32.7 Å². The molecular weight excluding hydrogens is 316 g/mol. The smallest absolute Gasteiger partial charge is 0.262 e. The summed E-state index contributed by atoms with van der Waals surface area (Å²) in [6, 6.07) is 4.64. The van der Waals surface area contributed by atoms with Gasteiger partial charge in [0.15, 0.2) is 0 Å². The molecular formula is C20H24N2O3. The van der Waals surface area contributed by atoms with Crippen molar-refractivity contribution >= 4 is 17.7 Å². The van der Waals surface area contributed by atoms with Crippen LogP contribution in [0.25, 0.3) is 0 Å². The zero-order valence-electron chi connectivity index (χ0n) is 15.0. The topological polar surface area (TPSA) is 66.5 Å². The number of nitrogens with one attached hydrogen (secondary N) is 1. The van der Waals surface area contributed by atoms with Crippen molar-refractivity contribution in [3.63, 3.8) is 0 Å². The number of hydrogen-bond donors (Lipinski definition) is 1. The van der Waals surface area contributed by atoms with E-state index < -0.39 is 6.04 Å². The zero-order valence-corrected chi connectivity index (χ0v) is 15.0. The van der Waals surface area contributed by atoms with Crippen molar-refractivity contribution in [1.82, 2.24) is 10.2 Å². The molecule has 0 saturated carbocycles. The number of imide groups is 1. The standard InChI is InChI=1S/C20H24N2O3/c1-12-8-9-15(17(23)21-12)22-18(24)14-7-5-6-13(16(14)19(22)25)10-11-20(2,3)4/h5-7,15H,1,8-11H2,2-4H3,(H,21,23). The summed E-state index contributed by atoms with van der Waals surface area (Å²) in [6.45, 7) is 10.2. The fraction of sp³-hybridized carbons (Fsp3) is 0.450. The first-order valence-corrected chi connectivity index (χ1v) is 8.67. The molecule has 0 bridgehead atoms. The van der Waals surface area contributed by atoms with E-state index >= 15 is 0 Å². The third-order valence-corrected chi connectivity index (χ3v) is 4.81. The molecule has 0 spiro atoms. The molecule has 2 aliphatic heterocycles. The molecule has 1 saturated heterocycles. The summed E-state index contributed by atoms with van der Waals surface area (Å²) in [7, 11) is 0. The minimum Gasteiger partial charge on any atom is -0.329 e. The van der Waals surface area contributed by atoms with Gasteiger partial charge >= 0.3 is 0 Å². The van der Waals surface area contributed by atoms with Crippen LogP contribution in [0.3, 0.4) is 0 Å². The second kappa shape index (κ2) is 6.14. The fourth-order valence-corrected chi connectivity index (χ4v) is 3.38. The van der Waals surface area contributed by atoms with E-state index in [1.165, 1.54) is 0 Å². The first-order chi connectivity index (χ1) is 11.7. The lowest BCUT2D eigenvalue weighted by atomic mass is 9.87. The van der Waals surface area contributed by atoms with Gasteiger partial charge in [0.05, 0.1) is 11.1 Å². The van der Waals surface area contributed by atoms with Gasteiger partial charge in [0.1, 0.15) is 6.04 Å². The van der Waals surface area contributed by atoms with Crippen molar-refractivity contribution in [3.05, 3.63) is 47.2 Å². The van der Waals surface area contributed by atoms with Gasteiger partial charge in [0.2, 0.25) is 5.91 Å². The van der Waals surface area contributed by atoms with E-state index in [0.717, 1.165) is 23.3 Å². The summed E-state index contributed by atoms with van der Waals surface area (Å²) in [6.07, 6.45) is 2.63. The molecule has 1 atom stereocenters. The van der Waals surface area contributed by atoms with Gasteiger partial charge in [-0.2, -0.15) is 0 Å². The van der Waals surface area contributed by atoms with Gasteiger partial charge in [-0.25, -0.2) is 0 Å². The maximum absolute atomic E-state index is 13.0. The van der Waals surface area contributed by atoms with Crippen LogP contribution in [0.1, 0.15) is 66.3 Å². The predicted octanol–water partition coefficient (Wildman–Crippen LogP) is 3.05. The molecule has 5 heteroatoms. The minimum atomic E-state index is -0.756. The lowest BCUT2D eigenvalue weighted by Crippen LogP contribution is -2.51. The third kappa shape index (κ3) is 3.23. The van der Waals surface area contributed by atoms with Gasteiger partial charge in [0, 0.05) is 5.70 Å². The quantitative estimate of drug-likeness (QED) is 0.860. The van der Waals surface area contributed by atoms with Crippen LogP contribution < -0.4 is 5.32 Å². The number of nitrogens with zero attached hydrogens (tertiary/aromatic N) is 1. The first-order valence-electron chi connectivity index (χ1n) is 8.67. The molecule has 0 aromatic heterocycles. The average molecular weight is 340 g/mol. The normalized spacial score (nSPS) is 20.8. The van der Waals surface area contributed by atoms with Crippen molar-refractivity contribution in [1.29, 1.82) is 0 Å². The van der Waals surface area contributed by atoms with Gasteiger partial charge in [-0.15, -0.1) is 0 Å². The summed E-state index contributed by atoms with van der Waals surface area (Å²) in [5.74, 6) is -1.05. The van der Waals surface area contributed by atoms with Crippen molar-refractivity contribution < 1.29 is 14.4 Å². The Hall–Kier alpha value is -2.43. The Balaban J connectivity index is 1.91. The average Bonchev–Trinajstić information content (AvgIpc) is 2.77. The van der Waals surface area contributed by atoms with E-state index in [0.29, 0.717) is 29.7 Å². The van der Waals surface area contributed by atoms with E-state index in [1.54, 1.807) is 6.07 Å². The molecule has 3 amide bonds. The molecule has 3 rings (SSSR count). The Bertz CT molecular complexity index is 774. The van der Waals surface area contributed by atoms with Crippen LogP contribution in [-0.4, -0.2) is 28.7 Å². The maximum atomic E-state index is 13.0. The van der Waals surface area contributed by atoms with Crippen LogP contribution in [0.4, 0.5) is 0 Å². The predicted molar refractivity (Wildman–Crippen MR) is 95.0 cm³/mol. The Morgan fingerprint density at radius 2 is 1.92 bits per heavy atom. The first kappa shape index (κ1) is 17.4. The van der Waals surface area contributed by atoms with Crippen LogP contribution in [0.15, 0.2) is 30.5 Å². The van der Waals surface area contributed by atoms with Crippen LogP contribution in [-0.2, 0) is 11.2 Å². The number of rotatable bonds is 3. The van der Waals surface area contributed by atoms with Crippen molar-refractivity contribution in [2.24, 2.45) is 5.41 Å². The number of carbonyl (C=O) groups excluding carboxylic acids is 3. The SMILES string of the molecule is C=C1CCC(N2C(=O)c3cccc(CCC(C)(C)C)c3C2=O)C(=O)N1. The number of hydrogen-bond acceptors (Lipinski definition) is 3. The lowest BCUT2D eigenvalue weighted by Gasteiger charge is -2.29. The number of fused-ring (bicyclic) bond motifs is 1. The third-order valence-electron chi connectivity index (χ3n) is 4.81. The Morgan fingerprint density at radius 3 is 2.56 bits per heavy atom. The number of amides is 3. The summed E-state index contributed by atoms with van der Waals surface area (Å²) in [5, 5.41) is 2.65. The van der Waals surface area contributed by atoms with Gasteiger partial charge in [-0.05, 0) is 42.7 Å². The van der Waals surface area contributed by atoms with Crippen LogP contribution in [0.5, 0.6) is 0 Å². The zero-order chi connectivity index (χ0) is 18.4. The molecule has 1 fully saturated rings. The van der Waals surface area contributed by atoms with Gasteiger partial charge < -0.3 is 5.32 Å².